The smallest absolute Gasteiger partial charge is 0.328 e. The number of hydrogen-bond donors (Lipinski definition) is 1. The first kappa shape index (κ1) is 24.9. The van der Waals surface area contributed by atoms with Gasteiger partial charge in [0.05, 0.1) is 12.5 Å². The molecule has 0 spiro atoms. The van der Waals surface area contributed by atoms with Crippen molar-refractivity contribution in [1.29, 1.82) is 0 Å². The summed E-state index contributed by atoms with van der Waals surface area (Å²) in [5.41, 5.74) is 2.35. The number of ether oxygens (including phenoxy) is 1. The highest BCUT2D eigenvalue weighted by atomic mass is 19.1. The monoisotopic (exact) mass is 481 g/mol. The number of esters is 1. The maximum Gasteiger partial charge on any atom is 0.328 e. The van der Waals surface area contributed by atoms with E-state index < -0.39 is 23.2 Å². The number of halogens is 1. The summed E-state index contributed by atoms with van der Waals surface area (Å²) in [5, 5.41) is 2.83. The van der Waals surface area contributed by atoms with Crippen molar-refractivity contribution in [2.24, 2.45) is 0 Å². The molecule has 4 aromatic rings. The number of methoxy groups -OCH3 is 1. The van der Waals surface area contributed by atoms with Gasteiger partial charge in [-0.1, -0.05) is 109 Å². The highest BCUT2D eigenvalue weighted by Gasteiger charge is 2.39. The largest absolute Gasteiger partial charge is 0.467 e. The van der Waals surface area contributed by atoms with Crippen LogP contribution in [0.4, 0.5) is 4.39 Å². The number of carbonyl (C=O) groups is 2. The molecule has 36 heavy (non-hydrogen) atoms. The van der Waals surface area contributed by atoms with Gasteiger partial charge in [0.15, 0.2) is 0 Å². The van der Waals surface area contributed by atoms with Crippen LogP contribution < -0.4 is 5.32 Å². The zero-order valence-corrected chi connectivity index (χ0v) is 20.1. The second-order valence-corrected chi connectivity index (χ2v) is 8.62. The molecule has 4 nitrogen and oxygen atoms in total. The molecular formula is C31H28FNO3. The maximum atomic E-state index is 14.3. The highest BCUT2D eigenvalue weighted by Crippen LogP contribution is 2.42. The van der Waals surface area contributed by atoms with Crippen molar-refractivity contribution in [3.63, 3.8) is 0 Å². The Bertz CT molecular complexity index is 1200. The Hall–Kier alpha value is -4.25. The first-order chi connectivity index (χ1) is 17.5. The van der Waals surface area contributed by atoms with E-state index in [1.54, 1.807) is 18.2 Å². The summed E-state index contributed by atoms with van der Waals surface area (Å²) in [6.45, 7) is 0. The highest BCUT2D eigenvalue weighted by molar-refractivity contribution is 5.86. The molecule has 0 fully saturated rings. The average molecular weight is 482 g/mol. The number of nitrogens with one attached hydrogen (secondary N) is 1. The van der Waals surface area contributed by atoms with E-state index in [0.717, 1.165) is 16.7 Å². The standard InChI is InChI=1S/C31H28FNO3/c1-36-30(35)28(21-23-13-11-12-20-27(23)32)33-29(34)22-31(24-14-5-2-6-15-24,25-16-7-3-8-17-25)26-18-9-4-10-19-26/h2-20,28H,21-22H2,1H3,(H,33,34)/t28-/m1/s1. The molecule has 0 aliphatic rings. The van der Waals surface area contributed by atoms with Crippen LogP contribution in [0.25, 0.3) is 0 Å². The van der Waals surface area contributed by atoms with Crippen molar-refractivity contribution in [2.45, 2.75) is 24.3 Å². The van der Waals surface area contributed by atoms with Gasteiger partial charge in [-0.25, -0.2) is 9.18 Å². The minimum Gasteiger partial charge on any atom is -0.467 e. The van der Waals surface area contributed by atoms with Crippen LogP contribution in [0.1, 0.15) is 28.7 Å². The molecule has 5 heteroatoms. The lowest BCUT2D eigenvalue weighted by molar-refractivity contribution is -0.145. The summed E-state index contributed by atoms with van der Waals surface area (Å²) < 4.78 is 19.3. The Morgan fingerprint density at radius 3 is 1.64 bits per heavy atom. The molecule has 0 heterocycles. The summed E-state index contributed by atoms with van der Waals surface area (Å²) in [5.74, 6) is -1.41. The Morgan fingerprint density at radius 2 is 1.19 bits per heavy atom. The van der Waals surface area contributed by atoms with E-state index in [2.05, 4.69) is 5.32 Å². The summed E-state index contributed by atoms with van der Waals surface area (Å²) in [6.07, 6.45) is 0.0237. The van der Waals surface area contributed by atoms with Crippen LogP contribution in [0.15, 0.2) is 115 Å². The van der Waals surface area contributed by atoms with Crippen molar-refractivity contribution in [3.05, 3.63) is 143 Å². The predicted molar refractivity (Wildman–Crippen MR) is 138 cm³/mol. The van der Waals surface area contributed by atoms with Crippen LogP contribution in [0.3, 0.4) is 0 Å². The third kappa shape index (κ3) is 5.36. The number of carbonyl (C=O) groups excluding carboxylic acids is 2. The topological polar surface area (TPSA) is 55.4 Å². The lowest BCUT2D eigenvalue weighted by Gasteiger charge is -2.36. The fourth-order valence-electron chi connectivity index (χ4n) is 4.68. The first-order valence-corrected chi connectivity index (χ1v) is 11.8. The summed E-state index contributed by atoms with van der Waals surface area (Å²) >= 11 is 0. The molecule has 0 radical (unpaired) electrons. The van der Waals surface area contributed by atoms with Crippen LogP contribution in [0.2, 0.25) is 0 Å². The third-order valence-corrected chi connectivity index (χ3v) is 6.43. The van der Waals surface area contributed by atoms with E-state index in [1.807, 2.05) is 91.0 Å². The van der Waals surface area contributed by atoms with Gasteiger partial charge in [0.2, 0.25) is 5.91 Å². The second kappa shape index (κ2) is 11.5. The average Bonchev–Trinajstić information content (AvgIpc) is 2.93. The zero-order valence-electron chi connectivity index (χ0n) is 20.1. The van der Waals surface area contributed by atoms with Crippen LogP contribution >= 0.6 is 0 Å². The maximum absolute atomic E-state index is 14.3. The number of benzene rings is 4. The van der Waals surface area contributed by atoms with Gasteiger partial charge in [0.1, 0.15) is 11.9 Å². The second-order valence-electron chi connectivity index (χ2n) is 8.62. The van der Waals surface area contributed by atoms with E-state index in [-0.39, 0.29) is 18.7 Å². The summed E-state index contributed by atoms with van der Waals surface area (Å²) in [6, 6.07) is 34.7. The minimum absolute atomic E-state index is 0.0138. The van der Waals surface area contributed by atoms with E-state index >= 15 is 0 Å². The molecule has 0 bridgehead atoms. The molecule has 1 N–H and O–H groups in total. The lowest BCUT2D eigenvalue weighted by atomic mass is 9.67. The SMILES string of the molecule is COC(=O)[C@@H](Cc1ccccc1F)NC(=O)CC(c1ccccc1)(c1ccccc1)c1ccccc1. The molecule has 0 saturated heterocycles. The van der Waals surface area contributed by atoms with Crippen molar-refractivity contribution in [1.82, 2.24) is 5.32 Å². The fraction of sp³-hybridized carbons (Fsp3) is 0.161. The van der Waals surface area contributed by atoms with Crippen LogP contribution in [-0.2, 0) is 26.2 Å². The van der Waals surface area contributed by atoms with Crippen molar-refractivity contribution in [2.75, 3.05) is 7.11 Å². The number of amides is 1. The Balaban J connectivity index is 1.74. The van der Waals surface area contributed by atoms with Crippen molar-refractivity contribution < 1.29 is 18.7 Å². The van der Waals surface area contributed by atoms with E-state index in [1.165, 1.54) is 13.2 Å². The first-order valence-electron chi connectivity index (χ1n) is 11.8. The quantitative estimate of drug-likeness (QED) is 0.255. The summed E-state index contributed by atoms with van der Waals surface area (Å²) in [7, 11) is 1.26. The van der Waals surface area contributed by atoms with Gasteiger partial charge in [-0.05, 0) is 28.3 Å². The van der Waals surface area contributed by atoms with Gasteiger partial charge in [-0.2, -0.15) is 0 Å². The van der Waals surface area contributed by atoms with Crippen molar-refractivity contribution >= 4 is 11.9 Å². The van der Waals surface area contributed by atoms with Gasteiger partial charge >= 0.3 is 5.97 Å². The van der Waals surface area contributed by atoms with Gasteiger partial charge in [-0.3, -0.25) is 4.79 Å². The molecule has 0 aliphatic carbocycles. The molecule has 4 rings (SSSR count). The Kier molecular flexibility index (Phi) is 7.91. The molecule has 1 amide bonds. The molecule has 0 unspecified atom stereocenters. The van der Waals surface area contributed by atoms with Crippen LogP contribution in [0.5, 0.6) is 0 Å². The molecule has 182 valence electrons. The Labute approximate surface area is 210 Å². The number of hydrogen-bond acceptors (Lipinski definition) is 3. The predicted octanol–water partition coefficient (Wildman–Crippen LogP) is 5.45. The van der Waals surface area contributed by atoms with Gasteiger partial charge < -0.3 is 10.1 Å². The lowest BCUT2D eigenvalue weighted by Crippen LogP contribution is -2.46. The molecule has 0 aliphatic heterocycles. The molecular weight excluding hydrogens is 453 g/mol. The fourth-order valence-corrected chi connectivity index (χ4v) is 4.68. The van der Waals surface area contributed by atoms with E-state index in [0.29, 0.717) is 5.56 Å². The number of rotatable bonds is 9. The molecule has 0 aromatic heterocycles. The minimum atomic E-state index is -1.03. The van der Waals surface area contributed by atoms with Crippen molar-refractivity contribution in [3.8, 4) is 0 Å². The van der Waals surface area contributed by atoms with E-state index in [4.69, 9.17) is 4.74 Å². The molecule has 0 saturated carbocycles. The zero-order chi connectivity index (χ0) is 25.4. The molecule has 1 atom stereocenters. The Morgan fingerprint density at radius 1 is 0.750 bits per heavy atom. The normalized spacial score (nSPS) is 11.9. The summed E-state index contributed by atoms with van der Waals surface area (Å²) in [4.78, 5) is 26.3. The van der Waals surface area contributed by atoms with Crippen LogP contribution in [-0.4, -0.2) is 25.0 Å². The third-order valence-electron chi connectivity index (χ3n) is 6.43. The van der Waals surface area contributed by atoms with Gasteiger partial charge in [-0.15, -0.1) is 0 Å². The molecule has 4 aromatic carbocycles. The van der Waals surface area contributed by atoms with Gasteiger partial charge in [0, 0.05) is 12.8 Å². The van der Waals surface area contributed by atoms with E-state index in [9.17, 15) is 14.0 Å². The van der Waals surface area contributed by atoms with Crippen LogP contribution in [0, 0.1) is 5.82 Å². The van der Waals surface area contributed by atoms with Gasteiger partial charge in [0.25, 0.3) is 0 Å².